The van der Waals surface area contributed by atoms with Crippen molar-refractivity contribution in [1.29, 1.82) is 0 Å². The van der Waals surface area contributed by atoms with E-state index >= 15 is 0 Å². The van der Waals surface area contributed by atoms with Crippen LogP contribution in [0.3, 0.4) is 0 Å². The summed E-state index contributed by atoms with van der Waals surface area (Å²) >= 11 is 0. The highest BCUT2D eigenvalue weighted by molar-refractivity contribution is 5.60. The Hall–Kier alpha value is -2.08. The van der Waals surface area contributed by atoms with Crippen LogP contribution in [0, 0.1) is 0 Å². The zero-order valence-electron chi connectivity index (χ0n) is 11.9. The second kappa shape index (κ2) is 6.38. The van der Waals surface area contributed by atoms with E-state index in [0.717, 1.165) is 18.7 Å². The summed E-state index contributed by atoms with van der Waals surface area (Å²) in [5, 5.41) is 16.8. The third-order valence-electron chi connectivity index (χ3n) is 3.00. The fourth-order valence-corrected chi connectivity index (χ4v) is 1.82. The van der Waals surface area contributed by atoms with Crippen molar-refractivity contribution in [1.82, 2.24) is 15.5 Å². The number of aromatic hydroxyl groups is 1. The Labute approximate surface area is 117 Å². The van der Waals surface area contributed by atoms with Gasteiger partial charge in [-0.3, -0.25) is 0 Å². The van der Waals surface area contributed by atoms with Crippen molar-refractivity contribution in [2.75, 3.05) is 20.2 Å². The third kappa shape index (κ3) is 3.08. The van der Waals surface area contributed by atoms with Crippen molar-refractivity contribution in [2.24, 2.45) is 0 Å². The maximum atomic E-state index is 9.57. The summed E-state index contributed by atoms with van der Waals surface area (Å²) in [6.45, 7) is 5.77. The normalized spacial score (nSPS) is 12.3. The lowest BCUT2D eigenvalue weighted by Gasteiger charge is -2.05. The van der Waals surface area contributed by atoms with Crippen LogP contribution in [0.25, 0.3) is 11.4 Å². The van der Waals surface area contributed by atoms with Crippen LogP contribution >= 0.6 is 0 Å². The van der Waals surface area contributed by atoms with Gasteiger partial charge in [0, 0.05) is 18.0 Å². The molecule has 2 aromatic rings. The van der Waals surface area contributed by atoms with Gasteiger partial charge in [-0.2, -0.15) is 4.98 Å². The molecule has 108 valence electrons. The Balaban J connectivity index is 2.20. The van der Waals surface area contributed by atoms with Crippen molar-refractivity contribution < 1.29 is 14.4 Å². The second-order valence-corrected chi connectivity index (χ2v) is 4.55. The molecule has 0 radical (unpaired) electrons. The Morgan fingerprint density at radius 2 is 2.25 bits per heavy atom. The maximum absolute atomic E-state index is 9.57. The van der Waals surface area contributed by atoms with Gasteiger partial charge in [-0.15, -0.1) is 0 Å². The van der Waals surface area contributed by atoms with Gasteiger partial charge in [0.2, 0.25) is 11.7 Å². The summed E-state index contributed by atoms with van der Waals surface area (Å²) in [6.07, 6.45) is 0. The lowest BCUT2D eigenvalue weighted by atomic mass is 10.1. The number of ether oxygens (including phenoxy) is 1. The predicted molar refractivity (Wildman–Crippen MR) is 74.9 cm³/mol. The number of benzene rings is 1. The molecule has 1 aromatic heterocycles. The van der Waals surface area contributed by atoms with Crippen molar-refractivity contribution in [2.45, 2.75) is 19.8 Å². The number of phenols is 1. The molecule has 0 aliphatic carbocycles. The molecule has 1 aromatic carbocycles. The van der Waals surface area contributed by atoms with E-state index in [9.17, 15) is 5.11 Å². The molecule has 2 N–H and O–H groups in total. The molecule has 0 bridgehead atoms. The summed E-state index contributed by atoms with van der Waals surface area (Å²) in [6, 6.07) is 4.95. The molecule has 6 nitrogen and oxygen atoms in total. The van der Waals surface area contributed by atoms with Crippen LogP contribution in [-0.4, -0.2) is 35.4 Å². The topological polar surface area (TPSA) is 80.4 Å². The molecule has 1 atom stereocenters. The third-order valence-corrected chi connectivity index (χ3v) is 3.00. The molecule has 0 fully saturated rings. The van der Waals surface area contributed by atoms with Gasteiger partial charge in [-0.05, 0) is 24.7 Å². The standard InChI is InChI=1S/C14H19N3O3/c1-4-15-8-9(2)14-16-13(17-20-14)10-5-6-11(18)12(7-10)19-3/h5-7,9,15,18H,4,8H2,1-3H3. The number of rotatable bonds is 6. The number of hydrogen-bond acceptors (Lipinski definition) is 6. The van der Waals surface area contributed by atoms with Crippen LogP contribution in [0.2, 0.25) is 0 Å². The highest BCUT2D eigenvalue weighted by Crippen LogP contribution is 2.30. The minimum atomic E-state index is 0.0838. The lowest BCUT2D eigenvalue weighted by molar-refractivity contribution is 0.355. The van der Waals surface area contributed by atoms with E-state index in [-0.39, 0.29) is 11.7 Å². The zero-order chi connectivity index (χ0) is 14.5. The van der Waals surface area contributed by atoms with E-state index in [4.69, 9.17) is 9.26 Å². The first kappa shape index (κ1) is 14.3. The molecular weight excluding hydrogens is 258 g/mol. The van der Waals surface area contributed by atoms with E-state index in [1.807, 2.05) is 6.92 Å². The number of aromatic nitrogens is 2. The Kier molecular flexibility index (Phi) is 4.57. The monoisotopic (exact) mass is 277 g/mol. The minimum absolute atomic E-state index is 0.0838. The first-order valence-electron chi connectivity index (χ1n) is 6.57. The average molecular weight is 277 g/mol. The van der Waals surface area contributed by atoms with Crippen LogP contribution in [0.1, 0.15) is 25.7 Å². The van der Waals surface area contributed by atoms with Crippen molar-refractivity contribution in [3.05, 3.63) is 24.1 Å². The van der Waals surface area contributed by atoms with Gasteiger partial charge < -0.3 is 19.7 Å². The van der Waals surface area contributed by atoms with E-state index in [0.29, 0.717) is 17.5 Å². The fraction of sp³-hybridized carbons (Fsp3) is 0.429. The highest BCUT2D eigenvalue weighted by Gasteiger charge is 2.15. The molecule has 0 spiro atoms. The summed E-state index contributed by atoms with van der Waals surface area (Å²) < 4.78 is 10.3. The van der Waals surface area contributed by atoms with Gasteiger partial charge in [0.05, 0.1) is 7.11 Å². The van der Waals surface area contributed by atoms with Crippen LogP contribution in [0.15, 0.2) is 22.7 Å². The lowest BCUT2D eigenvalue weighted by Crippen LogP contribution is -2.19. The Morgan fingerprint density at radius 1 is 1.45 bits per heavy atom. The molecule has 1 unspecified atom stereocenters. The summed E-state index contributed by atoms with van der Waals surface area (Å²) in [5.74, 6) is 1.69. The number of likely N-dealkylation sites (N-methyl/N-ethyl adjacent to an activating group) is 1. The van der Waals surface area contributed by atoms with Gasteiger partial charge in [-0.25, -0.2) is 0 Å². The van der Waals surface area contributed by atoms with E-state index in [1.165, 1.54) is 7.11 Å². The first-order chi connectivity index (χ1) is 9.65. The molecule has 0 amide bonds. The highest BCUT2D eigenvalue weighted by atomic mass is 16.5. The number of nitrogens with one attached hydrogen (secondary N) is 1. The summed E-state index contributed by atoms with van der Waals surface area (Å²) in [7, 11) is 1.50. The van der Waals surface area contributed by atoms with Gasteiger partial charge >= 0.3 is 0 Å². The summed E-state index contributed by atoms with van der Waals surface area (Å²) in [4.78, 5) is 4.38. The van der Waals surface area contributed by atoms with E-state index in [2.05, 4.69) is 22.4 Å². The second-order valence-electron chi connectivity index (χ2n) is 4.55. The molecular formula is C14H19N3O3. The van der Waals surface area contributed by atoms with Crippen molar-refractivity contribution in [3.8, 4) is 22.9 Å². The fourth-order valence-electron chi connectivity index (χ4n) is 1.82. The minimum Gasteiger partial charge on any atom is -0.504 e. The Morgan fingerprint density at radius 3 is 2.95 bits per heavy atom. The predicted octanol–water partition coefficient (Wildman–Crippen LogP) is 2.16. The van der Waals surface area contributed by atoms with E-state index in [1.54, 1.807) is 18.2 Å². The molecule has 2 rings (SSSR count). The number of phenolic OH excluding ortho intramolecular Hbond substituents is 1. The van der Waals surface area contributed by atoms with Crippen LogP contribution in [-0.2, 0) is 0 Å². The summed E-state index contributed by atoms with van der Waals surface area (Å²) in [5.41, 5.74) is 0.741. The van der Waals surface area contributed by atoms with Crippen LogP contribution in [0.5, 0.6) is 11.5 Å². The smallest absolute Gasteiger partial charge is 0.231 e. The molecule has 0 aliphatic heterocycles. The number of nitrogens with zero attached hydrogens (tertiary/aromatic N) is 2. The largest absolute Gasteiger partial charge is 0.504 e. The van der Waals surface area contributed by atoms with Gasteiger partial charge in [0.15, 0.2) is 11.5 Å². The molecule has 6 heteroatoms. The molecule has 0 aliphatic rings. The molecule has 20 heavy (non-hydrogen) atoms. The first-order valence-corrected chi connectivity index (χ1v) is 6.57. The van der Waals surface area contributed by atoms with E-state index < -0.39 is 0 Å². The van der Waals surface area contributed by atoms with Gasteiger partial charge in [-0.1, -0.05) is 19.0 Å². The Bertz CT molecular complexity index is 569. The van der Waals surface area contributed by atoms with Crippen LogP contribution in [0.4, 0.5) is 0 Å². The number of hydrogen-bond donors (Lipinski definition) is 2. The molecule has 0 saturated carbocycles. The van der Waals surface area contributed by atoms with Crippen LogP contribution < -0.4 is 10.1 Å². The molecule has 0 saturated heterocycles. The maximum Gasteiger partial charge on any atom is 0.231 e. The molecule has 1 heterocycles. The van der Waals surface area contributed by atoms with Crippen molar-refractivity contribution in [3.63, 3.8) is 0 Å². The average Bonchev–Trinajstić information content (AvgIpc) is 2.95. The quantitative estimate of drug-likeness (QED) is 0.842. The zero-order valence-corrected chi connectivity index (χ0v) is 11.9. The van der Waals surface area contributed by atoms with Crippen molar-refractivity contribution >= 4 is 0 Å². The van der Waals surface area contributed by atoms with Gasteiger partial charge in [0.1, 0.15) is 0 Å². The SMILES string of the molecule is CCNCC(C)c1nc(-c2ccc(O)c(OC)c2)no1. The number of methoxy groups -OCH3 is 1. The van der Waals surface area contributed by atoms with Gasteiger partial charge in [0.25, 0.3) is 0 Å².